The van der Waals surface area contributed by atoms with Gasteiger partial charge in [-0.2, -0.15) is 0 Å². The Labute approximate surface area is 97.9 Å². The van der Waals surface area contributed by atoms with Crippen LogP contribution in [0, 0.1) is 0 Å². The lowest BCUT2D eigenvalue weighted by Crippen LogP contribution is -2.27. The Morgan fingerprint density at radius 2 is 2.25 bits per heavy atom. The molecular formula is C11H14N4S. The third-order valence-corrected chi connectivity index (χ3v) is 3.80. The second kappa shape index (κ2) is 3.99. The molecule has 2 aromatic heterocycles. The zero-order valence-corrected chi connectivity index (χ0v) is 9.76. The van der Waals surface area contributed by atoms with Gasteiger partial charge >= 0.3 is 0 Å². The Morgan fingerprint density at radius 3 is 3.06 bits per heavy atom. The lowest BCUT2D eigenvalue weighted by Gasteiger charge is -2.22. The molecule has 3 heterocycles. The molecule has 1 saturated heterocycles. The van der Waals surface area contributed by atoms with E-state index in [1.54, 1.807) is 0 Å². The van der Waals surface area contributed by atoms with Gasteiger partial charge in [-0.3, -0.25) is 0 Å². The Morgan fingerprint density at radius 1 is 1.31 bits per heavy atom. The van der Waals surface area contributed by atoms with E-state index in [2.05, 4.69) is 27.4 Å². The molecule has 3 rings (SSSR count). The predicted octanol–water partition coefficient (Wildman–Crippen LogP) is 2.09. The molecule has 0 aromatic carbocycles. The van der Waals surface area contributed by atoms with Crippen LogP contribution in [0.5, 0.6) is 0 Å². The maximum absolute atomic E-state index is 5.67. The van der Waals surface area contributed by atoms with Crippen LogP contribution in [-0.4, -0.2) is 16.5 Å². The largest absolute Gasteiger partial charge is 0.375 e. The van der Waals surface area contributed by atoms with Crippen LogP contribution >= 0.6 is 11.3 Å². The van der Waals surface area contributed by atoms with Crippen molar-refractivity contribution in [2.45, 2.75) is 25.3 Å². The number of hydrogen-bond donors (Lipinski definition) is 2. The second-order valence-corrected chi connectivity index (χ2v) is 5.17. The third-order valence-electron chi connectivity index (χ3n) is 2.96. The summed E-state index contributed by atoms with van der Waals surface area (Å²) < 4.78 is 1.07. The highest BCUT2D eigenvalue weighted by atomic mass is 32.1. The minimum atomic E-state index is 0.390. The molecule has 16 heavy (non-hydrogen) atoms. The molecule has 84 valence electrons. The summed E-state index contributed by atoms with van der Waals surface area (Å²) in [5.41, 5.74) is 7.55. The molecule has 0 bridgehead atoms. The summed E-state index contributed by atoms with van der Waals surface area (Å²) in [6.45, 7) is 1.09. The zero-order chi connectivity index (χ0) is 11.0. The summed E-state index contributed by atoms with van der Waals surface area (Å²) in [5, 5.41) is 4.08. The molecule has 1 atom stereocenters. The van der Waals surface area contributed by atoms with Gasteiger partial charge in [0.2, 0.25) is 0 Å². The summed E-state index contributed by atoms with van der Waals surface area (Å²) in [6.07, 6.45) is 3.71. The molecule has 5 heteroatoms. The van der Waals surface area contributed by atoms with E-state index in [1.807, 2.05) is 0 Å². The first kappa shape index (κ1) is 9.99. The van der Waals surface area contributed by atoms with E-state index in [0.29, 0.717) is 11.2 Å². The quantitative estimate of drug-likeness (QED) is 0.793. The Balaban J connectivity index is 1.97. The Bertz CT molecular complexity index is 502. The molecule has 0 radical (unpaired) electrons. The average Bonchev–Trinajstić information content (AvgIpc) is 2.69. The van der Waals surface area contributed by atoms with E-state index in [9.17, 15) is 0 Å². The normalized spacial score (nSPS) is 21.4. The van der Waals surface area contributed by atoms with Gasteiger partial charge in [0.15, 0.2) is 10.8 Å². The number of nitrogens with one attached hydrogen (secondary N) is 1. The van der Waals surface area contributed by atoms with Gasteiger partial charge < -0.3 is 11.1 Å². The Hall–Kier alpha value is -1.20. The number of pyridine rings is 1. The topological polar surface area (TPSA) is 63.8 Å². The van der Waals surface area contributed by atoms with E-state index in [4.69, 9.17) is 5.73 Å². The fourth-order valence-corrected chi connectivity index (χ4v) is 2.82. The molecule has 0 aliphatic carbocycles. The fraction of sp³-hybridized carbons (Fsp3) is 0.455. The van der Waals surface area contributed by atoms with Crippen LogP contribution in [0.25, 0.3) is 10.3 Å². The first-order valence-electron chi connectivity index (χ1n) is 5.59. The highest BCUT2D eigenvalue weighted by Gasteiger charge is 2.16. The average molecular weight is 234 g/mol. The van der Waals surface area contributed by atoms with E-state index < -0.39 is 0 Å². The van der Waals surface area contributed by atoms with Gasteiger partial charge in [0, 0.05) is 6.04 Å². The predicted molar refractivity (Wildman–Crippen MR) is 66.4 cm³/mol. The fourth-order valence-electron chi connectivity index (χ4n) is 2.15. The van der Waals surface area contributed by atoms with Gasteiger partial charge in [0.1, 0.15) is 0 Å². The zero-order valence-electron chi connectivity index (χ0n) is 8.94. The summed E-state index contributed by atoms with van der Waals surface area (Å²) in [6, 6.07) is 4.55. The number of thiazole rings is 1. The van der Waals surface area contributed by atoms with Crippen LogP contribution in [0.4, 0.5) is 5.13 Å². The van der Waals surface area contributed by atoms with Crippen molar-refractivity contribution in [3.63, 3.8) is 0 Å². The molecule has 1 aliphatic rings. The summed E-state index contributed by atoms with van der Waals surface area (Å²) in [4.78, 5) is 8.80. The standard InChI is InChI=1S/C11H14N4S/c12-11-15-10-9(16-11)5-4-8(14-10)7-3-1-2-6-13-7/h4-5,7,13H,1-3,6H2,(H2,12,14,15)/t7-/m1/s1. The van der Waals surface area contributed by atoms with Crippen molar-refractivity contribution >= 4 is 26.8 Å². The maximum Gasteiger partial charge on any atom is 0.182 e. The molecule has 4 nitrogen and oxygen atoms in total. The van der Waals surface area contributed by atoms with Crippen LogP contribution in [-0.2, 0) is 0 Å². The van der Waals surface area contributed by atoms with Crippen molar-refractivity contribution in [3.8, 4) is 0 Å². The summed E-state index contributed by atoms with van der Waals surface area (Å²) in [7, 11) is 0. The molecule has 3 N–H and O–H groups in total. The highest BCUT2D eigenvalue weighted by molar-refractivity contribution is 7.21. The molecule has 0 spiro atoms. The Kier molecular flexibility index (Phi) is 2.49. The minimum Gasteiger partial charge on any atom is -0.375 e. The van der Waals surface area contributed by atoms with Crippen LogP contribution in [0.15, 0.2) is 12.1 Å². The van der Waals surface area contributed by atoms with Gasteiger partial charge in [-0.15, -0.1) is 0 Å². The first-order chi connectivity index (χ1) is 7.83. The van der Waals surface area contributed by atoms with Crippen LogP contribution in [0.3, 0.4) is 0 Å². The SMILES string of the molecule is Nc1nc2nc([C@H]3CCCCN3)ccc2s1. The second-order valence-electron chi connectivity index (χ2n) is 4.11. The molecular weight excluding hydrogens is 220 g/mol. The van der Waals surface area contributed by atoms with Crippen LogP contribution < -0.4 is 11.1 Å². The maximum atomic E-state index is 5.67. The van der Waals surface area contributed by atoms with E-state index in [-0.39, 0.29) is 0 Å². The third kappa shape index (κ3) is 1.76. The molecule has 0 amide bonds. The first-order valence-corrected chi connectivity index (χ1v) is 6.41. The van der Waals surface area contributed by atoms with Crippen LogP contribution in [0.2, 0.25) is 0 Å². The number of nitrogens with two attached hydrogens (primary N) is 1. The number of rotatable bonds is 1. The van der Waals surface area contributed by atoms with E-state index in [0.717, 1.165) is 29.0 Å². The smallest absolute Gasteiger partial charge is 0.182 e. The van der Waals surface area contributed by atoms with Gasteiger partial charge in [0.05, 0.1) is 10.4 Å². The van der Waals surface area contributed by atoms with Crippen molar-refractivity contribution in [1.29, 1.82) is 0 Å². The number of hydrogen-bond acceptors (Lipinski definition) is 5. The summed E-state index contributed by atoms with van der Waals surface area (Å²) >= 11 is 1.49. The minimum absolute atomic E-state index is 0.390. The van der Waals surface area contributed by atoms with Gasteiger partial charge in [-0.1, -0.05) is 17.8 Å². The van der Waals surface area contributed by atoms with Crippen molar-refractivity contribution in [2.24, 2.45) is 0 Å². The number of anilines is 1. The van der Waals surface area contributed by atoms with Crippen molar-refractivity contribution in [1.82, 2.24) is 15.3 Å². The molecule has 1 fully saturated rings. The van der Waals surface area contributed by atoms with Crippen molar-refractivity contribution in [2.75, 3.05) is 12.3 Å². The number of aromatic nitrogens is 2. The molecule has 2 aromatic rings. The number of nitrogens with zero attached hydrogens (tertiary/aromatic N) is 2. The summed E-state index contributed by atoms with van der Waals surface area (Å²) in [5.74, 6) is 0. The van der Waals surface area contributed by atoms with Crippen molar-refractivity contribution in [3.05, 3.63) is 17.8 Å². The van der Waals surface area contributed by atoms with E-state index in [1.165, 1.54) is 24.2 Å². The molecule has 1 aliphatic heterocycles. The number of piperidine rings is 1. The number of nitrogen functional groups attached to an aromatic ring is 1. The molecule has 0 saturated carbocycles. The van der Waals surface area contributed by atoms with Gasteiger partial charge in [0.25, 0.3) is 0 Å². The monoisotopic (exact) mass is 234 g/mol. The lowest BCUT2D eigenvalue weighted by molar-refractivity contribution is 0.406. The van der Waals surface area contributed by atoms with Crippen LogP contribution in [0.1, 0.15) is 31.0 Å². The van der Waals surface area contributed by atoms with Gasteiger partial charge in [-0.05, 0) is 31.5 Å². The van der Waals surface area contributed by atoms with E-state index >= 15 is 0 Å². The van der Waals surface area contributed by atoms with Crippen molar-refractivity contribution < 1.29 is 0 Å². The van der Waals surface area contributed by atoms with Gasteiger partial charge in [-0.25, -0.2) is 9.97 Å². The molecule has 0 unspecified atom stereocenters. The lowest BCUT2D eigenvalue weighted by atomic mass is 10.0. The highest BCUT2D eigenvalue weighted by Crippen LogP contribution is 2.26. The number of fused-ring (bicyclic) bond motifs is 1.